The molecule has 0 amide bonds. The van der Waals surface area contributed by atoms with Crippen molar-refractivity contribution < 1.29 is 20.1 Å². The molecule has 1 fully saturated rings. The van der Waals surface area contributed by atoms with E-state index in [4.69, 9.17) is 9.84 Å². The maximum atomic E-state index is 9.96. The van der Waals surface area contributed by atoms with E-state index in [1.807, 2.05) is 24.3 Å². The fraction of sp³-hybridized carbons (Fsp3) is 0.417. The monoisotopic (exact) mass is 250 g/mol. The molecule has 1 aliphatic rings. The van der Waals surface area contributed by atoms with Crippen molar-refractivity contribution in [3.63, 3.8) is 0 Å². The quantitative estimate of drug-likeness (QED) is 0.678. The lowest BCUT2D eigenvalue weighted by molar-refractivity contribution is -0.0508. The number of aliphatic hydroxyl groups is 3. The topological polar surface area (TPSA) is 87.7 Å². The van der Waals surface area contributed by atoms with Crippen LogP contribution in [0.4, 0.5) is 0 Å². The van der Waals surface area contributed by atoms with E-state index in [0.29, 0.717) is 0 Å². The van der Waals surface area contributed by atoms with Crippen LogP contribution in [0.5, 0.6) is 0 Å². The van der Waals surface area contributed by atoms with E-state index in [2.05, 4.69) is 4.98 Å². The first-order valence-electron chi connectivity index (χ1n) is 5.76. The van der Waals surface area contributed by atoms with Gasteiger partial charge in [0.2, 0.25) is 0 Å². The molecule has 1 aromatic carbocycles. The lowest BCUT2D eigenvalue weighted by Crippen LogP contribution is -2.33. The number of imidazole rings is 1. The molecule has 0 radical (unpaired) electrons. The Kier molecular flexibility index (Phi) is 2.79. The maximum absolute atomic E-state index is 9.96. The summed E-state index contributed by atoms with van der Waals surface area (Å²) >= 11 is 0. The number of fused-ring (bicyclic) bond motifs is 1. The Bertz CT molecular complexity index is 556. The van der Waals surface area contributed by atoms with E-state index in [-0.39, 0.29) is 6.61 Å². The summed E-state index contributed by atoms with van der Waals surface area (Å²) in [5.41, 5.74) is 1.60. The van der Waals surface area contributed by atoms with Crippen molar-refractivity contribution in [1.29, 1.82) is 0 Å². The van der Waals surface area contributed by atoms with E-state index < -0.39 is 24.5 Å². The van der Waals surface area contributed by atoms with Gasteiger partial charge in [0, 0.05) is 0 Å². The second-order valence-corrected chi connectivity index (χ2v) is 4.37. The molecule has 1 aliphatic heterocycles. The van der Waals surface area contributed by atoms with Crippen molar-refractivity contribution in [2.45, 2.75) is 24.5 Å². The first-order valence-corrected chi connectivity index (χ1v) is 5.76. The number of aromatic nitrogens is 2. The molecule has 0 aliphatic carbocycles. The number of rotatable bonds is 2. The van der Waals surface area contributed by atoms with Crippen LogP contribution in [0.15, 0.2) is 30.6 Å². The van der Waals surface area contributed by atoms with E-state index in [0.717, 1.165) is 11.0 Å². The molecule has 18 heavy (non-hydrogen) atoms. The zero-order valence-corrected chi connectivity index (χ0v) is 9.55. The molecule has 1 unspecified atom stereocenters. The van der Waals surface area contributed by atoms with Crippen LogP contribution in [0.1, 0.15) is 6.23 Å². The summed E-state index contributed by atoms with van der Waals surface area (Å²) in [6, 6.07) is 7.45. The maximum Gasteiger partial charge on any atom is 0.164 e. The van der Waals surface area contributed by atoms with E-state index >= 15 is 0 Å². The molecule has 2 aromatic rings. The molecule has 1 aromatic heterocycles. The van der Waals surface area contributed by atoms with Gasteiger partial charge in [-0.2, -0.15) is 0 Å². The number of para-hydroxylation sites is 2. The van der Waals surface area contributed by atoms with Crippen molar-refractivity contribution in [2.75, 3.05) is 6.61 Å². The van der Waals surface area contributed by atoms with Crippen LogP contribution in [-0.4, -0.2) is 49.8 Å². The van der Waals surface area contributed by atoms with Gasteiger partial charge in [-0.05, 0) is 12.1 Å². The van der Waals surface area contributed by atoms with Crippen molar-refractivity contribution in [1.82, 2.24) is 9.55 Å². The van der Waals surface area contributed by atoms with Crippen LogP contribution in [0.25, 0.3) is 11.0 Å². The van der Waals surface area contributed by atoms with Gasteiger partial charge in [-0.1, -0.05) is 12.1 Å². The molecule has 0 bridgehead atoms. The number of hydrogen-bond acceptors (Lipinski definition) is 5. The molecule has 3 rings (SSSR count). The Morgan fingerprint density at radius 2 is 2.00 bits per heavy atom. The Morgan fingerprint density at radius 3 is 2.72 bits per heavy atom. The summed E-state index contributed by atoms with van der Waals surface area (Å²) < 4.78 is 7.13. The zero-order chi connectivity index (χ0) is 12.7. The van der Waals surface area contributed by atoms with E-state index in [1.165, 1.54) is 0 Å². The molecule has 6 heteroatoms. The summed E-state index contributed by atoms with van der Waals surface area (Å²) in [4.78, 5) is 4.20. The van der Waals surface area contributed by atoms with Crippen LogP contribution in [0.2, 0.25) is 0 Å². The molecular weight excluding hydrogens is 236 g/mol. The summed E-state index contributed by atoms with van der Waals surface area (Å²) in [6.07, 6.45) is -2.12. The average molecular weight is 250 g/mol. The average Bonchev–Trinajstić information content (AvgIpc) is 2.93. The normalized spacial score (nSPS) is 32.2. The number of ether oxygens (including phenoxy) is 1. The van der Waals surface area contributed by atoms with Gasteiger partial charge in [-0.3, -0.25) is 0 Å². The van der Waals surface area contributed by atoms with Gasteiger partial charge in [0.25, 0.3) is 0 Å². The summed E-state index contributed by atoms with van der Waals surface area (Å²) in [7, 11) is 0. The Balaban J connectivity index is 2.00. The van der Waals surface area contributed by atoms with Crippen molar-refractivity contribution in [2.24, 2.45) is 0 Å². The zero-order valence-electron chi connectivity index (χ0n) is 9.55. The lowest BCUT2D eigenvalue weighted by Gasteiger charge is -2.16. The fourth-order valence-electron chi connectivity index (χ4n) is 2.29. The SMILES string of the molecule is OC[C@H]1OC(n2cnc3ccccc32)[C@H](O)[C@@H]1O. The Labute approximate surface area is 103 Å². The highest BCUT2D eigenvalue weighted by Gasteiger charge is 2.43. The van der Waals surface area contributed by atoms with Crippen LogP contribution in [-0.2, 0) is 4.74 Å². The lowest BCUT2D eigenvalue weighted by atomic mass is 10.1. The third-order valence-electron chi connectivity index (χ3n) is 3.27. The first kappa shape index (κ1) is 11.6. The first-order chi connectivity index (χ1) is 8.72. The van der Waals surface area contributed by atoms with Crippen LogP contribution in [0, 0.1) is 0 Å². The largest absolute Gasteiger partial charge is 0.394 e. The van der Waals surface area contributed by atoms with Crippen molar-refractivity contribution >= 4 is 11.0 Å². The standard InChI is InChI=1S/C12H14N2O4/c15-5-9-10(16)11(17)12(18-9)14-6-13-7-3-1-2-4-8(7)14/h1-4,6,9-12,15-17H,5H2/t9-,10-,11-,12?/m1/s1. The smallest absolute Gasteiger partial charge is 0.164 e. The minimum absolute atomic E-state index is 0.332. The number of aliphatic hydroxyl groups excluding tert-OH is 3. The third-order valence-corrected chi connectivity index (χ3v) is 3.27. The van der Waals surface area contributed by atoms with Crippen molar-refractivity contribution in [3.05, 3.63) is 30.6 Å². The fourth-order valence-corrected chi connectivity index (χ4v) is 2.29. The molecule has 2 heterocycles. The highest BCUT2D eigenvalue weighted by molar-refractivity contribution is 5.75. The van der Waals surface area contributed by atoms with Crippen LogP contribution in [0.3, 0.4) is 0 Å². The summed E-state index contributed by atoms with van der Waals surface area (Å²) in [6.45, 7) is -0.332. The van der Waals surface area contributed by atoms with Gasteiger partial charge in [-0.15, -0.1) is 0 Å². The minimum Gasteiger partial charge on any atom is -0.394 e. The molecular formula is C12H14N2O4. The van der Waals surface area contributed by atoms with Gasteiger partial charge in [0.15, 0.2) is 6.23 Å². The Hall–Kier alpha value is -1.47. The van der Waals surface area contributed by atoms with Gasteiger partial charge in [-0.25, -0.2) is 4.98 Å². The molecule has 0 spiro atoms. The highest BCUT2D eigenvalue weighted by atomic mass is 16.6. The Morgan fingerprint density at radius 1 is 1.22 bits per heavy atom. The molecule has 4 atom stereocenters. The van der Waals surface area contributed by atoms with E-state index in [1.54, 1.807) is 10.9 Å². The van der Waals surface area contributed by atoms with Crippen molar-refractivity contribution in [3.8, 4) is 0 Å². The van der Waals surface area contributed by atoms with Gasteiger partial charge in [0.1, 0.15) is 18.3 Å². The number of nitrogens with zero attached hydrogens (tertiary/aromatic N) is 2. The van der Waals surface area contributed by atoms with Gasteiger partial charge in [0.05, 0.1) is 24.0 Å². The molecule has 1 saturated heterocycles. The minimum atomic E-state index is -1.10. The van der Waals surface area contributed by atoms with Gasteiger partial charge >= 0.3 is 0 Å². The summed E-state index contributed by atoms with van der Waals surface area (Å²) in [5.74, 6) is 0. The molecule has 96 valence electrons. The summed E-state index contributed by atoms with van der Waals surface area (Å²) in [5, 5.41) is 28.7. The van der Waals surface area contributed by atoms with E-state index in [9.17, 15) is 10.2 Å². The second-order valence-electron chi connectivity index (χ2n) is 4.37. The molecule has 3 N–H and O–H groups in total. The molecule has 0 saturated carbocycles. The van der Waals surface area contributed by atoms with Crippen LogP contribution < -0.4 is 0 Å². The highest BCUT2D eigenvalue weighted by Crippen LogP contribution is 2.31. The van der Waals surface area contributed by atoms with Crippen LogP contribution >= 0.6 is 0 Å². The number of hydrogen-bond donors (Lipinski definition) is 3. The third kappa shape index (κ3) is 1.62. The predicted octanol–water partition coefficient (Wildman–Crippen LogP) is -0.352. The molecule has 6 nitrogen and oxygen atoms in total. The number of benzene rings is 1. The predicted molar refractivity (Wildman–Crippen MR) is 62.7 cm³/mol. The second kappa shape index (κ2) is 4.33. The van der Waals surface area contributed by atoms with Gasteiger partial charge < -0.3 is 24.6 Å².